The zero-order valence-electron chi connectivity index (χ0n) is 13.0. The molecule has 1 fully saturated rings. The molecule has 1 aliphatic rings. The molecule has 0 aromatic carbocycles. The average Bonchev–Trinajstić information content (AvgIpc) is 2.47. The van der Waals surface area contributed by atoms with Crippen molar-refractivity contribution in [2.75, 3.05) is 13.7 Å². The van der Waals surface area contributed by atoms with Gasteiger partial charge in [-0.05, 0) is 43.9 Å². The molecule has 1 aromatic heterocycles. The van der Waals surface area contributed by atoms with E-state index in [9.17, 15) is 0 Å². The molecule has 3 nitrogen and oxygen atoms in total. The van der Waals surface area contributed by atoms with Crippen molar-refractivity contribution in [2.24, 2.45) is 5.92 Å². The first kappa shape index (κ1) is 15.3. The van der Waals surface area contributed by atoms with Crippen LogP contribution in [0.3, 0.4) is 0 Å². The lowest BCUT2D eigenvalue weighted by atomic mass is 9.90. The maximum absolute atomic E-state index is 5.98. The van der Waals surface area contributed by atoms with E-state index in [2.05, 4.69) is 29.4 Å². The van der Waals surface area contributed by atoms with Gasteiger partial charge in [-0.1, -0.05) is 32.6 Å². The van der Waals surface area contributed by atoms with Crippen molar-refractivity contribution in [1.82, 2.24) is 10.3 Å². The van der Waals surface area contributed by atoms with Crippen LogP contribution in [0.4, 0.5) is 0 Å². The second-order valence-corrected chi connectivity index (χ2v) is 5.90. The normalized spacial score (nSPS) is 16.3. The number of ether oxygens (including phenoxy) is 1. The summed E-state index contributed by atoms with van der Waals surface area (Å²) in [6, 6.07) is 4.27. The largest absolute Gasteiger partial charge is 0.477 e. The summed E-state index contributed by atoms with van der Waals surface area (Å²) in [5.74, 6) is 1.54. The summed E-state index contributed by atoms with van der Waals surface area (Å²) >= 11 is 0. The summed E-state index contributed by atoms with van der Waals surface area (Å²) in [4.78, 5) is 4.64. The molecule has 0 radical (unpaired) electrons. The highest BCUT2D eigenvalue weighted by Crippen LogP contribution is 2.24. The molecule has 0 unspecified atom stereocenters. The number of nitrogens with one attached hydrogen (secondary N) is 1. The second-order valence-electron chi connectivity index (χ2n) is 5.90. The minimum atomic E-state index is 0.730. The molecule has 0 spiro atoms. The van der Waals surface area contributed by atoms with E-state index in [4.69, 9.17) is 4.74 Å². The fraction of sp³-hybridized carbons (Fsp3) is 0.706. The van der Waals surface area contributed by atoms with E-state index in [0.717, 1.165) is 43.5 Å². The molecule has 1 aliphatic carbocycles. The van der Waals surface area contributed by atoms with Crippen LogP contribution in [-0.4, -0.2) is 18.6 Å². The smallest absolute Gasteiger partial charge is 0.213 e. The molecule has 20 heavy (non-hydrogen) atoms. The number of pyridine rings is 1. The Morgan fingerprint density at radius 3 is 2.75 bits per heavy atom. The molecule has 1 N–H and O–H groups in total. The van der Waals surface area contributed by atoms with Gasteiger partial charge in [-0.3, -0.25) is 0 Å². The van der Waals surface area contributed by atoms with Gasteiger partial charge in [0.1, 0.15) is 0 Å². The third kappa shape index (κ3) is 4.78. The van der Waals surface area contributed by atoms with Gasteiger partial charge >= 0.3 is 0 Å². The lowest BCUT2D eigenvalue weighted by Gasteiger charge is -2.21. The fourth-order valence-electron chi connectivity index (χ4n) is 2.94. The van der Waals surface area contributed by atoms with Crippen molar-refractivity contribution >= 4 is 0 Å². The number of nitrogens with zero attached hydrogens (tertiary/aromatic N) is 1. The topological polar surface area (TPSA) is 34.1 Å². The lowest BCUT2D eigenvalue weighted by Crippen LogP contribution is -2.16. The van der Waals surface area contributed by atoms with Crippen molar-refractivity contribution in [3.05, 3.63) is 23.4 Å². The lowest BCUT2D eigenvalue weighted by molar-refractivity contribution is 0.202. The number of hydrogen-bond acceptors (Lipinski definition) is 3. The van der Waals surface area contributed by atoms with E-state index >= 15 is 0 Å². The second kappa shape index (κ2) is 8.25. The molecule has 0 aliphatic heterocycles. The van der Waals surface area contributed by atoms with Crippen molar-refractivity contribution in [3.8, 4) is 5.88 Å². The third-order valence-corrected chi connectivity index (χ3v) is 3.99. The van der Waals surface area contributed by atoms with Crippen LogP contribution in [0.1, 0.15) is 56.7 Å². The summed E-state index contributed by atoms with van der Waals surface area (Å²) in [7, 11) is 1.97. The first-order valence-electron chi connectivity index (χ1n) is 8.09. The number of rotatable bonds is 7. The first-order valence-corrected chi connectivity index (χ1v) is 8.09. The summed E-state index contributed by atoms with van der Waals surface area (Å²) in [6.45, 7) is 3.90. The first-order chi connectivity index (χ1) is 9.81. The van der Waals surface area contributed by atoms with Gasteiger partial charge in [-0.2, -0.15) is 0 Å². The van der Waals surface area contributed by atoms with E-state index in [1.54, 1.807) is 0 Å². The summed E-state index contributed by atoms with van der Waals surface area (Å²) in [6.07, 6.45) is 8.91. The predicted molar refractivity (Wildman–Crippen MR) is 83.1 cm³/mol. The van der Waals surface area contributed by atoms with Crippen LogP contribution < -0.4 is 10.1 Å². The minimum Gasteiger partial charge on any atom is -0.477 e. The Labute approximate surface area is 123 Å². The minimum absolute atomic E-state index is 0.730. The third-order valence-electron chi connectivity index (χ3n) is 3.99. The molecule has 112 valence electrons. The number of aryl methyl sites for hydroxylation is 1. The Morgan fingerprint density at radius 2 is 2.05 bits per heavy atom. The van der Waals surface area contributed by atoms with Crippen LogP contribution in [0.25, 0.3) is 0 Å². The highest BCUT2D eigenvalue weighted by molar-refractivity contribution is 5.25. The van der Waals surface area contributed by atoms with E-state index < -0.39 is 0 Å². The molecular weight excluding hydrogens is 248 g/mol. The van der Waals surface area contributed by atoms with Gasteiger partial charge in [0, 0.05) is 18.3 Å². The Kier molecular flexibility index (Phi) is 6.31. The van der Waals surface area contributed by atoms with Crippen molar-refractivity contribution in [1.29, 1.82) is 0 Å². The van der Waals surface area contributed by atoms with E-state index in [-0.39, 0.29) is 0 Å². The van der Waals surface area contributed by atoms with Gasteiger partial charge in [0.2, 0.25) is 5.88 Å². The van der Waals surface area contributed by atoms with Crippen LogP contribution in [0, 0.1) is 5.92 Å². The van der Waals surface area contributed by atoms with Crippen LogP contribution in [0.15, 0.2) is 12.1 Å². The van der Waals surface area contributed by atoms with Crippen molar-refractivity contribution in [3.63, 3.8) is 0 Å². The standard InChI is InChI=1S/C17H28N2O/c1-3-7-16-10-15(12-18-2)11-17(19-16)20-13-14-8-5-4-6-9-14/h10-11,14,18H,3-9,12-13H2,1-2H3. The SMILES string of the molecule is CCCc1cc(CNC)cc(OCC2CCCCC2)n1. The number of aromatic nitrogens is 1. The molecule has 0 amide bonds. The number of hydrogen-bond donors (Lipinski definition) is 1. The Balaban J connectivity index is 1.97. The Bertz CT molecular complexity index is 376. The van der Waals surface area contributed by atoms with Crippen LogP contribution in [0.2, 0.25) is 0 Å². The van der Waals surface area contributed by atoms with Gasteiger partial charge in [-0.25, -0.2) is 4.98 Å². The van der Waals surface area contributed by atoms with E-state index in [0.29, 0.717) is 0 Å². The molecule has 1 heterocycles. The quantitative estimate of drug-likeness (QED) is 0.824. The predicted octanol–water partition coefficient (Wildman–Crippen LogP) is 3.71. The molecule has 1 aromatic rings. The van der Waals surface area contributed by atoms with E-state index in [1.807, 2.05) is 7.05 Å². The van der Waals surface area contributed by atoms with Crippen molar-refractivity contribution in [2.45, 2.75) is 58.4 Å². The van der Waals surface area contributed by atoms with Gasteiger partial charge in [0.05, 0.1) is 6.61 Å². The monoisotopic (exact) mass is 276 g/mol. The Hall–Kier alpha value is -1.09. The van der Waals surface area contributed by atoms with Gasteiger partial charge in [0.25, 0.3) is 0 Å². The van der Waals surface area contributed by atoms with Gasteiger partial charge < -0.3 is 10.1 Å². The van der Waals surface area contributed by atoms with Gasteiger partial charge in [0.15, 0.2) is 0 Å². The molecule has 2 rings (SSSR count). The Morgan fingerprint density at radius 1 is 1.25 bits per heavy atom. The summed E-state index contributed by atoms with van der Waals surface area (Å²) in [5.41, 5.74) is 2.42. The highest BCUT2D eigenvalue weighted by Gasteiger charge is 2.14. The van der Waals surface area contributed by atoms with Crippen LogP contribution in [0.5, 0.6) is 5.88 Å². The molecule has 3 heteroatoms. The molecule has 0 saturated heterocycles. The fourth-order valence-corrected chi connectivity index (χ4v) is 2.94. The maximum atomic E-state index is 5.98. The molecular formula is C17H28N2O. The van der Waals surface area contributed by atoms with E-state index in [1.165, 1.54) is 37.7 Å². The maximum Gasteiger partial charge on any atom is 0.213 e. The summed E-state index contributed by atoms with van der Waals surface area (Å²) < 4.78 is 5.98. The average molecular weight is 276 g/mol. The van der Waals surface area contributed by atoms with Gasteiger partial charge in [-0.15, -0.1) is 0 Å². The van der Waals surface area contributed by atoms with Crippen LogP contribution >= 0.6 is 0 Å². The summed E-state index contributed by atoms with van der Waals surface area (Å²) in [5, 5.41) is 3.20. The van der Waals surface area contributed by atoms with Crippen LogP contribution in [-0.2, 0) is 13.0 Å². The zero-order valence-corrected chi connectivity index (χ0v) is 13.0. The van der Waals surface area contributed by atoms with Crippen molar-refractivity contribution < 1.29 is 4.74 Å². The molecule has 1 saturated carbocycles. The molecule has 0 bridgehead atoms. The molecule has 0 atom stereocenters. The highest BCUT2D eigenvalue weighted by atomic mass is 16.5. The zero-order chi connectivity index (χ0) is 14.2.